The molecule has 1 N–H and O–H groups in total. The van der Waals surface area contributed by atoms with E-state index in [0.717, 1.165) is 37.7 Å². The summed E-state index contributed by atoms with van der Waals surface area (Å²) < 4.78 is 9.51. The summed E-state index contributed by atoms with van der Waals surface area (Å²) in [5.41, 5.74) is 0.563. The van der Waals surface area contributed by atoms with Gasteiger partial charge in [-0.3, -0.25) is 9.59 Å². The molecular weight excluding hydrogens is 346 g/mol. The molecule has 1 aliphatic rings. The van der Waals surface area contributed by atoms with Gasteiger partial charge in [-0.15, -0.1) is 0 Å². The molecule has 6 heteroatoms. The van der Waals surface area contributed by atoms with E-state index < -0.39 is 17.5 Å². The van der Waals surface area contributed by atoms with Crippen LogP contribution in [0.5, 0.6) is 0 Å². The molecule has 1 amide bonds. The molecule has 2 rings (SSSR count). The Kier molecular flexibility index (Phi) is 7.42. The van der Waals surface area contributed by atoms with Gasteiger partial charge in [0.25, 0.3) is 0 Å². The number of rotatable bonds is 5. The maximum Gasteiger partial charge on any atom is 0.337 e. The van der Waals surface area contributed by atoms with Gasteiger partial charge in [0.1, 0.15) is 12.0 Å². The van der Waals surface area contributed by atoms with Crippen LogP contribution in [0.3, 0.4) is 0 Å². The van der Waals surface area contributed by atoms with Gasteiger partial charge in [0, 0.05) is 5.56 Å². The topological polar surface area (TPSA) is 81.7 Å². The van der Waals surface area contributed by atoms with Gasteiger partial charge in [0.2, 0.25) is 5.91 Å². The molecule has 0 aromatic heterocycles. The number of esters is 2. The summed E-state index contributed by atoms with van der Waals surface area (Å²) in [5.74, 6) is 4.99. The van der Waals surface area contributed by atoms with E-state index in [2.05, 4.69) is 21.9 Å². The molecule has 0 atom stereocenters. The summed E-state index contributed by atoms with van der Waals surface area (Å²) in [5, 5.41) is 2.94. The summed E-state index contributed by atoms with van der Waals surface area (Å²) in [6.45, 7) is 1.95. The molecular formula is C21H25NO5. The van der Waals surface area contributed by atoms with E-state index in [-0.39, 0.29) is 18.9 Å². The molecule has 1 fully saturated rings. The lowest BCUT2D eigenvalue weighted by molar-refractivity contribution is -0.146. The van der Waals surface area contributed by atoms with Crippen LogP contribution in [0.15, 0.2) is 24.3 Å². The van der Waals surface area contributed by atoms with Gasteiger partial charge in [-0.2, -0.15) is 0 Å². The van der Waals surface area contributed by atoms with E-state index in [1.165, 1.54) is 7.11 Å². The van der Waals surface area contributed by atoms with Crippen molar-refractivity contribution in [3.63, 3.8) is 0 Å². The van der Waals surface area contributed by atoms with Crippen molar-refractivity contribution < 1.29 is 23.9 Å². The molecule has 0 spiro atoms. The van der Waals surface area contributed by atoms with Crippen LogP contribution in [-0.4, -0.2) is 37.1 Å². The second kappa shape index (κ2) is 9.77. The van der Waals surface area contributed by atoms with Crippen molar-refractivity contribution in [2.24, 2.45) is 0 Å². The summed E-state index contributed by atoms with van der Waals surface area (Å²) in [6, 6.07) is 6.80. The Morgan fingerprint density at radius 1 is 1.11 bits per heavy atom. The Balaban J connectivity index is 2.12. The summed E-state index contributed by atoms with van der Waals surface area (Å²) in [6.07, 6.45) is 4.23. The number of benzene rings is 1. The van der Waals surface area contributed by atoms with Gasteiger partial charge >= 0.3 is 11.9 Å². The molecule has 0 radical (unpaired) electrons. The van der Waals surface area contributed by atoms with Crippen LogP contribution in [0.2, 0.25) is 0 Å². The first-order valence-corrected chi connectivity index (χ1v) is 9.16. The minimum absolute atomic E-state index is 0.249. The van der Waals surface area contributed by atoms with E-state index in [4.69, 9.17) is 4.74 Å². The van der Waals surface area contributed by atoms with Crippen molar-refractivity contribution >= 4 is 17.8 Å². The predicted molar refractivity (Wildman–Crippen MR) is 99.9 cm³/mol. The third kappa shape index (κ3) is 6.14. The van der Waals surface area contributed by atoms with Crippen molar-refractivity contribution in [1.82, 2.24) is 5.32 Å². The largest absolute Gasteiger partial charge is 0.466 e. The Morgan fingerprint density at radius 2 is 1.78 bits per heavy atom. The Hall–Kier alpha value is -2.81. The number of amides is 1. The summed E-state index contributed by atoms with van der Waals surface area (Å²) in [7, 11) is 1.34. The van der Waals surface area contributed by atoms with E-state index >= 15 is 0 Å². The van der Waals surface area contributed by atoms with Crippen LogP contribution in [0, 0.1) is 11.8 Å². The minimum Gasteiger partial charge on any atom is -0.466 e. The van der Waals surface area contributed by atoms with E-state index in [1.807, 2.05) is 0 Å². The molecule has 1 aromatic carbocycles. The number of carbonyl (C=O) groups is 3. The van der Waals surface area contributed by atoms with Crippen molar-refractivity contribution in [1.29, 1.82) is 0 Å². The standard InChI is InChI=1S/C21H25NO5/c1-3-27-19(24)15-18(23)22-21(12-5-4-6-13-21)14-11-16-7-9-17(10-8-16)20(25)26-2/h7-10H,3-6,12-13,15H2,1-2H3,(H,22,23). The summed E-state index contributed by atoms with van der Waals surface area (Å²) >= 11 is 0. The zero-order valence-corrected chi connectivity index (χ0v) is 15.8. The van der Waals surface area contributed by atoms with Crippen molar-refractivity contribution in [3.8, 4) is 11.8 Å². The fourth-order valence-electron chi connectivity index (χ4n) is 3.09. The molecule has 27 heavy (non-hydrogen) atoms. The van der Waals surface area contributed by atoms with Crippen LogP contribution in [0.1, 0.15) is 61.4 Å². The van der Waals surface area contributed by atoms with Crippen molar-refractivity contribution in [2.45, 2.75) is 51.0 Å². The number of carbonyl (C=O) groups excluding carboxylic acids is 3. The molecule has 1 aliphatic carbocycles. The zero-order chi connectivity index (χ0) is 19.7. The monoisotopic (exact) mass is 371 g/mol. The van der Waals surface area contributed by atoms with E-state index in [0.29, 0.717) is 5.56 Å². The molecule has 0 aliphatic heterocycles. The summed E-state index contributed by atoms with van der Waals surface area (Å²) in [4.78, 5) is 35.3. The SMILES string of the molecule is CCOC(=O)CC(=O)NC1(C#Cc2ccc(C(=O)OC)cc2)CCCCC1. The Bertz CT molecular complexity index is 736. The van der Waals surface area contributed by atoms with Gasteiger partial charge in [-0.25, -0.2) is 4.79 Å². The molecule has 0 saturated heterocycles. The number of hydrogen-bond acceptors (Lipinski definition) is 5. The number of nitrogens with one attached hydrogen (secondary N) is 1. The van der Waals surface area contributed by atoms with E-state index in [9.17, 15) is 14.4 Å². The molecule has 0 unspecified atom stereocenters. The van der Waals surface area contributed by atoms with Crippen molar-refractivity contribution in [3.05, 3.63) is 35.4 Å². The number of hydrogen-bond donors (Lipinski definition) is 1. The van der Waals surface area contributed by atoms with E-state index in [1.54, 1.807) is 31.2 Å². The fraction of sp³-hybridized carbons (Fsp3) is 0.476. The van der Waals surface area contributed by atoms with Crippen LogP contribution >= 0.6 is 0 Å². The molecule has 1 aromatic rings. The molecule has 0 bridgehead atoms. The number of ether oxygens (including phenoxy) is 2. The first-order chi connectivity index (χ1) is 13.0. The van der Waals surface area contributed by atoms with Crippen LogP contribution in [0.4, 0.5) is 0 Å². The highest BCUT2D eigenvalue weighted by atomic mass is 16.5. The molecule has 6 nitrogen and oxygen atoms in total. The maximum atomic E-state index is 12.2. The highest BCUT2D eigenvalue weighted by Gasteiger charge is 2.32. The first kappa shape index (κ1) is 20.5. The molecule has 144 valence electrons. The smallest absolute Gasteiger partial charge is 0.337 e. The first-order valence-electron chi connectivity index (χ1n) is 9.16. The lowest BCUT2D eigenvalue weighted by Gasteiger charge is -2.33. The molecule has 0 heterocycles. The highest BCUT2D eigenvalue weighted by molar-refractivity contribution is 5.94. The maximum absolute atomic E-state index is 12.2. The normalized spacial score (nSPS) is 15.0. The second-order valence-corrected chi connectivity index (χ2v) is 6.49. The fourth-order valence-corrected chi connectivity index (χ4v) is 3.09. The Morgan fingerprint density at radius 3 is 2.37 bits per heavy atom. The van der Waals surface area contributed by atoms with Gasteiger partial charge < -0.3 is 14.8 Å². The average Bonchev–Trinajstić information content (AvgIpc) is 2.67. The third-order valence-electron chi connectivity index (χ3n) is 4.45. The predicted octanol–water partition coefficient (Wildman–Crippen LogP) is 2.60. The lowest BCUT2D eigenvalue weighted by Crippen LogP contribution is -2.49. The van der Waals surface area contributed by atoms with Gasteiger partial charge in [-0.1, -0.05) is 31.1 Å². The van der Waals surface area contributed by atoms with Gasteiger partial charge in [0.15, 0.2) is 0 Å². The van der Waals surface area contributed by atoms with Gasteiger partial charge in [-0.05, 0) is 44.0 Å². The zero-order valence-electron chi connectivity index (χ0n) is 15.8. The van der Waals surface area contributed by atoms with Gasteiger partial charge in [0.05, 0.1) is 19.3 Å². The second-order valence-electron chi connectivity index (χ2n) is 6.49. The Labute approximate surface area is 159 Å². The van der Waals surface area contributed by atoms with Crippen LogP contribution in [-0.2, 0) is 19.1 Å². The lowest BCUT2D eigenvalue weighted by atomic mass is 9.81. The quantitative estimate of drug-likeness (QED) is 0.489. The van der Waals surface area contributed by atoms with Crippen molar-refractivity contribution in [2.75, 3.05) is 13.7 Å². The third-order valence-corrected chi connectivity index (χ3v) is 4.45. The van der Waals surface area contributed by atoms with Crippen LogP contribution < -0.4 is 5.32 Å². The average molecular weight is 371 g/mol. The minimum atomic E-state index is -0.636. The molecule has 1 saturated carbocycles. The van der Waals surface area contributed by atoms with Crippen LogP contribution in [0.25, 0.3) is 0 Å². The number of methoxy groups -OCH3 is 1. The highest BCUT2D eigenvalue weighted by Crippen LogP contribution is 2.28.